The number of hydrogen-bond acceptors (Lipinski definition) is 1. The van der Waals surface area contributed by atoms with E-state index in [1.807, 2.05) is 0 Å². The second-order valence-electron chi connectivity index (χ2n) is 5.58. The number of alkyl halides is 1. The monoisotopic (exact) mass is 253 g/mol. The van der Waals surface area contributed by atoms with Crippen LogP contribution in [0.4, 0.5) is 0 Å². The van der Waals surface area contributed by atoms with Gasteiger partial charge in [-0.3, -0.25) is 0 Å². The number of halogens is 1. The van der Waals surface area contributed by atoms with Gasteiger partial charge in [-0.05, 0) is 55.5 Å². The minimum absolute atomic E-state index is 0.111. The molecule has 0 saturated heterocycles. The van der Waals surface area contributed by atoms with Gasteiger partial charge in [0.1, 0.15) is 0 Å². The summed E-state index contributed by atoms with van der Waals surface area (Å²) in [4.78, 5) is 0. The molecule has 0 aliphatic rings. The predicted octanol–water partition coefficient (Wildman–Crippen LogP) is 3.98. The molecule has 0 aliphatic heterocycles. The van der Waals surface area contributed by atoms with Crippen LogP contribution in [0.15, 0.2) is 6.07 Å². The lowest BCUT2D eigenvalue weighted by Gasteiger charge is -2.31. The summed E-state index contributed by atoms with van der Waals surface area (Å²) in [5.74, 6) is 0. The van der Waals surface area contributed by atoms with E-state index in [2.05, 4.69) is 52.9 Å². The zero-order chi connectivity index (χ0) is 13.2. The first-order valence-corrected chi connectivity index (χ1v) is 6.69. The highest BCUT2D eigenvalue weighted by molar-refractivity contribution is 6.17. The molecule has 96 valence electrons. The molecule has 0 fully saturated rings. The van der Waals surface area contributed by atoms with E-state index in [9.17, 15) is 0 Å². The Hall–Kier alpha value is -0.530. The van der Waals surface area contributed by atoms with E-state index in [4.69, 9.17) is 11.6 Å². The third-order valence-corrected chi connectivity index (χ3v) is 3.89. The number of aryl methyl sites for hydroxylation is 2. The van der Waals surface area contributed by atoms with Crippen LogP contribution in [0.5, 0.6) is 0 Å². The maximum absolute atomic E-state index is 5.73. The van der Waals surface area contributed by atoms with Crippen molar-refractivity contribution in [3.8, 4) is 0 Å². The van der Waals surface area contributed by atoms with E-state index in [-0.39, 0.29) is 5.41 Å². The molecule has 2 heteroatoms. The number of nitrogens with one attached hydrogen (secondary N) is 1. The average molecular weight is 254 g/mol. The van der Waals surface area contributed by atoms with E-state index in [0.717, 1.165) is 6.54 Å². The SMILES string of the molecule is Cc1cc(C)c(C)c(C(C)(C)CNCCl)c1C. The summed E-state index contributed by atoms with van der Waals surface area (Å²) in [5.41, 5.74) is 7.15. The van der Waals surface area contributed by atoms with E-state index in [1.165, 1.54) is 27.8 Å². The van der Waals surface area contributed by atoms with Crippen molar-refractivity contribution in [3.63, 3.8) is 0 Å². The molecule has 0 bridgehead atoms. The van der Waals surface area contributed by atoms with Gasteiger partial charge in [0.25, 0.3) is 0 Å². The molecule has 0 heterocycles. The van der Waals surface area contributed by atoms with E-state index in [0.29, 0.717) is 6.00 Å². The molecule has 0 radical (unpaired) electrons. The van der Waals surface area contributed by atoms with Crippen LogP contribution in [0.25, 0.3) is 0 Å². The molecule has 0 atom stereocenters. The fourth-order valence-electron chi connectivity index (χ4n) is 2.68. The Bertz CT molecular complexity index is 382. The molecule has 1 nitrogen and oxygen atoms in total. The zero-order valence-corrected chi connectivity index (χ0v) is 12.6. The second-order valence-corrected chi connectivity index (χ2v) is 5.85. The fourth-order valence-corrected chi connectivity index (χ4v) is 2.77. The molecule has 0 unspecified atom stereocenters. The lowest BCUT2D eigenvalue weighted by atomic mass is 9.77. The van der Waals surface area contributed by atoms with Gasteiger partial charge in [0.05, 0.1) is 6.00 Å². The Morgan fingerprint density at radius 3 is 1.94 bits per heavy atom. The Labute approximate surface area is 111 Å². The molecule has 0 amide bonds. The van der Waals surface area contributed by atoms with E-state index >= 15 is 0 Å². The van der Waals surface area contributed by atoms with Crippen molar-refractivity contribution >= 4 is 11.6 Å². The van der Waals surface area contributed by atoms with Gasteiger partial charge in [-0.25, -0.2) is 0 Å². The normalized spacial score (nSPS) is 11.9. The number of hydrogen-bond donors (Lipinski definition) is 1. The number of benzene rings is 1. The van der Waals surface area contributed by atoms with Crippen LogP contribution >= 0.6 is 11.6 Å². The molecule has 1 aromatic carbocycles. The molecule has 0 saturated carbocycles. The van der Waals surface area contributed by atoms with Gasteiger partial charge in [-0.2, -0.15) is 0 Å². The van der Waals surface area contributed by atoms with Crippen LogP contribution in [0.2, 0.25) is 0 Å². The molecule has 17 heavy (non-hydrogen) atoms. The van der Waals surface area contributed by atoms with Gasteiger partial charge < -0.3 is 5.32 Å². The Morgan fingerprint density at radius 2 is 1.53 bits per heavy atom. The van der Waals surface area contributed by atoms with Crippen molar-refractivity contribution in [2.75, 3.05) is 12.5 Å². The molecular weight excluding hydrogens is 230 g/mol. The first-order valence-electron chi connectivity index (χ1n) is 6.16. The molecule has 0 aromatic heterocycles. The van der Waals surface area contributed by atoms with Gasteiger partial charge in [0.2, 0.25) is 0 Å². The van der Waals surface area contributed by atoms with Crippen molar-refractivity contribution in [2.45, 2.75) is 47.0 Å². The highest BCUT2D eigenvalue weighted by atomic mass is 35.5. The van der Waals surface area contributed by atoms with Crippen LogP contribution in [0, 0.1) is 27.7 Å². The lowest BCUT2D eigenvalue weighted by molar-refractivity contribution is 0.483. The minimum atomic E-state index is 0.111. The van der Waals surface area contributed by atoms with Gasteiger partial charge in [-0.1, -0.05) is 19.9 Å². The third kappa shape index (κ3) is 3.02. The average Bonchev–Trinajstić information content (AvgIpc) is 2.24. The van der Waals surface area contributed by atoms with Crippen LogP contribution in [0.1, 0.15) is 41.7 Å². The van der Waals surface area contributed by atoms with Gasteiger partial charge in [0.15, 0.2) is 0 Å². The Balaban J connectivity index is 3.29. The summed E-state index contributed by atoms with van der Waals surface area (Å²) in [6.45, 7) is 14.3. The van der Waals surface area contributed by atoms with E-state index < -0.39 is 0 Å². The van der Waals surface area contributed by atoms with Crippen LogP contribution in [0.3, 0.4) is 0 Å². The summed E-state index contributed by atoms with van der Waals surface area (Å²) >= 11 is 5.73. The summed E-state index contributed by atoms with van der Waals surface area (Å²) < 4.78 is 0. The first-order chi connectivity index (χ1) is 7.81. The maximum Gasteiger partial charge on any atom is 0.0713 e. The van der Waals surface area contributed by atoms with Gasteiger partial charge in [-0.15, -0.1) is 11.6 Å². The standard InChI is InChI=1S/C15H24ClN/c1-10-7-11(2)13(4)14(12(10)3)15(5,6)8-17-9-16/h7,17H,8-9H2,1-6H3. The molecule has 1 rings (SSSR count). The van der Waals surface area contributed by atoms with Crippen molar-refractivity contribution in [1.29, 1.82) is 0 Å². The molecular formula is C15H24ClN. The predicted molar refractivity (Wildman–Crippen MR) is 77.1 cm³/mol. The van der Waals surface area contributed by atoms with Crippen LogP contribution in [-0.2, 0) is 5.41 Å². The lowest BCUT2D eigenvalue weighted by Crippen LogP contribution is -2.34. The number of rotatable bonds is 4. The topological polar surface area (TPSA) is 12.0 Å². The van der Waals surface area contributed by atoms with Gasteiger partial charge >= 0.3 is 0 Å². The zero-order valence-electron chi connectivity index (χ0n) is 11.9. The Morgan fingerprint density at radius 1 is 1.06 bits per heavy atom. The maximum atomic E-state index is 5.73. The van der Waals surface area contributed by atoms with Crippen molar-refractivity contribution in [1.82, 2.24) is 5.32 Å². The summed E-state index contributed by atoms with van der Waals surface area (Å²) in [5, 5.41) is 3.25. The van der Waals surface area contributed by atoms with Crippen molar-refractivity contribution in [2.24, 2.45) is 0 Å². The van der Waals surface area contributed by atoms with Crippen LogP contribution < -0.4 is 5.32 Å². The summed E-state index contributed by atoms with van der Waals surface area (Å²) in [6, 6.07) is 2.78. The largest absolute Gasteiger partial charge is 0.303 e. The van der Waals surface area contributed by atoms with Crippen molar-refractivity contribution in [3.05, 3.63) is 33.9 Å². The second kappa shape index (κ2) is 5.41. The molecule has 0 spiro atoms. The minimum Gasteiger partial charge on any atom is -0.303 e. The van der Waals surface area contributed by atoms with Crippen LogP contribution in [-0.4, -0.2) is 12.5 Å². The van der Waals surface area contributed by atoms with E-state index in [1.54, 1.807) is 0 Å². The fraction of sp³-hybridized carbons (Fsp3) is 0.600. The summed E-state index contributed by atoms with van der Waals surface area (Å²) in [6.07, 6.45) is 0. The smallest absolute Gasteiger partial charge is 0.0713 e. The third-order valence-electron chi connectivity index (χ3n) is 3.70. The molecule has 1 aromatic rings. The highest BCUT2D eigenvalue weighted by Gasteiger charge is 2.25. The summed E-state index contributed by atoms with van der Waals surface area (Å²) in [7, 11) is 0. The Kier molecular flexibility index (Phi) is 4.62. The highest BCUT2D eigenvalue weighted by Crippen LogP contribution is 2.32. The van der Waals surface area contributed by atoms with Crippen molar-refractivity contribution < 1.29 is 0 Å². The van der Waals surface area contributed by atoms with Gasteiger partial charge in [0, 0.05) is 12.0 Å². The quantitative estimate of drug-likeness (QED) is 0.632. The first kappa shape index (κ1) is 14.5. The molecule has 0 aliphatic carbocycles. The molecule has 1 N–H and O–H groups in total.